The van der Waals surface area contributed by atoms with Crippen molar-refractivity contribution in [2.75, 3.05) is 0 Å². The Morgan fingerprint density at radius 1 is 1.44 bits per heavy atom. The number of hydrogen-bond acceptors (Lipinski definition) is 3. The maximum absolute atomic E-state index is 10.5. The Hall–Kier alpha value is -0.640. The number of carbonyl (C=O) groups excluding carboxylic acids is 1. The molecular weight excluding hydrogens is 140 g/mol. The molecule has 0 aliphatic carbocycles. The van der Waals surface area contributed by atoms with E-state index in [2.05, 4.69) is 0 Å². The van der Waals surface area contributed by atoms with Crippen molar-refractivity contribution in [3.8, 4) is 0 Å². The van der Waals surface area contributed by atoms with Crippen LogP contribution in [0, 0.1) is 0 Å². The standard InChI is InChI=1S/C5H6O3S/c6-5-3-1-2-4-9(5,7)8/h2,4H,1,3H2. The van der Waals surface area contributed by atoms with Gasteiger partial charge in [-0.05, 0) is 6.42 Å². The molecule has 0 amide bonds. The second-order valence-electron chi connectivity index (χ2n) is 1.83. The molecule has 0 aromatic carbocycles. The first kappa shape index (κ1) is 6.48. The monoisotopic (exact) mass is 146 g/mol. The van der Waals surface area contributed by atoms with E-state index in [1.54, 1.807) is 0 Å². The van der Waals surface area contributed by atoms with Crippen LogP contribution in [-0.4, -0.2) is 13.5 Å². The summed E-state index contributed by atoms with van der Waals surface area (Å²) in [6, 6.07) is 0. The first-order valence-corrected chi connectivity index (χ1v) is 4.12. The molecule has 9 heavy (non-hydrogen) atoms. The predicted octanol–water partition coefficient (Wildman–Crippen LogP) is 0.235. The van der Waals surface area contributed by atoms with E-state index in [1.165, 1.54) is 6.08 Å². The first-order chi connectivity index (χ1) is 4.13. The molecule has 1 rings (SSSR count). The van der Waals surface area contributed by atoms with Gasteiger partial charge in [-0.2, -0.15) is 0 Å². The average molecular weight is 146 g/mol. The fourth-order valence-electron chi connectivity index (χ4n) is 0.614. The first-order valence-electron chi connectivity index (χ1n) is 2.57. The second kappa shape index (κ2) is 1.95. The molecule has 0 fully saturated rings. The third-order valence-electron chi connectivity index (χ3n) is 1.11. The quantitative estimate of drug-likeness (QED) is 0.491. The highest BCUT2D eigenvalue weighted by Gasteiger charge is 2.20. The lowest BCUT2D eigenvalue weighted by atomic mass is 10.3. The van der Waals surface area contributed by atoms with E-state index >= 15 is 0 Å². The lowest BCUT2D eigenvalue weighted by molar-refractivity contribution is -0.111. The van der Waals surface area contributed by atoms with Crippen molar-refractivity contribution in [1.29, 1.82) is 0 Å². The van der Waals surface area contributed by atoms with Gasteiger partial charge in [0.05, 0.1) is 0 Å². The summed E-state index contributed by atoms with van der Waals surface area (Å²) in [5, 5.41) is 0.309. The Bertz CT molecular complexity index is 247. The molecule has 0 unspecified atom stereocenters. The van der Waals surface area contributed by atoms with Crippen molar-refractivity contribution in [3.63, 3.8) is 0 Å². The van der Waals surface area contributed by atoms with Crippen LogP contribution in [0.15, 0.2) is 11.5 Å². The van der Waals surface area contributed by atoms with E-state index in [0.29, 0.717) is 6.42 Å². The van der Waals surface area contributed by atoms with Gasteiger partial charge >= 0.3 is 0 Å². The van der Waals surface area contributed by atoms with Crippen LogP contribution in [0.2, 0.25) is 0 Å². The number of hydrogen-bond donors (Lipinski definition) is 0. The third-order valence-corrected chi connectivity index (χ3v) is 2.50. The van der Waals surface area contributed by atoms with Crippen molar-refractivity contribution >= 4 is 15.0 Å². The molecule has 1 aliphatic heterocycles. The zero-order chi connectivity index (χ0) is 6.91. The minimum Gasteiger partial charge on any atom is -0.281 e. The average Bonchev–Trinajstić information content (AvgIpc) is 1.77. The third kappa shape index (κ3) is 1.18. The van der Waals surface area contributed by atoms with Crippen LogP contribution in [0.1, 0.15) is 12.8 Å². The molecule has 4 heteroatoms. The summed E-state index contributed by atoms with van der Waals surface area (Å²) in [7, 11) is -3.48. The van der Waals surface area contributed by atoms with Gasteiger partial charge in [-0.15, -0.1) is 0 Å². The van der Waals surface area contributed by atoms with Gasteiger partial charge in [0.25, 0.3) is 5.12 Å². The largest absolute Gasteiger partial charge is 0.281 e. The van der Waals surface area contributed by atoms with Crippen LogP contribution >= 0.6 is 0 Å². The molecule has 0 spiro atoms. The summed E-state index contributed by atoms with van der Waals surface area (Å²) < 4.78 is 21.1. The van der Waals surface area contributed by atoms with Gasteiger partial charge in [-0.3, -0.25) is 4.79 Å². The van der Waals surface area contributed by atoms with Crippen LogP contribution in [0.5, 0.6) is 0 Å². The SMILES string of the molecule is O=C1CCC=CS1(=O)=O. The van der Waals surface area contributed by atoms with Gasteiger partial charge in [0.15, 0.2) is 0 Å². The minimum atomic E-state index is -3.48. The van der Waals surface area contributed by atoms with Crippen LogP contribution in [0.4, 0.5) is 0 Å². The van der Waals surface area contributed by atoms with Crippen LogP contribution < -0.4 is 0 Å². The maximum atomic E-state index is 10.5. The highest BCUT2D eigenvalue weighted by Crippen LogP contribution is 2.08. The van der Waals surface area contributed by atoms with E-state index < -0.39 is 15.0 Å². The molecule has 0 saturated heterocycles. The molecule has 0 aromatic heterocycles. The summed E-state index contributed by atoms with van der Waals surface area (Å²) in [6.07, 6.45) is 2.19. The Morgan fingerprint density at radius 3 is 2.44 bits per heavy atom. The van der Waals surface area contributed by atoms with Gasteiger partial charge in [0, 0.05) is 11.8 Å². The molecule has 0 N–H and O–H groups in total. The van der Waals surface area contributed by atoms with Gasteiger partial charge < -0.3 is 0 Å². The van der Waals surface area contributed by atoms with Crippen molar-refractivity contribution in [3.05, 3.63) is 11.5 Å². The van der Waals surface area contributed by atoms with Crippen LogP contribution in [0.25, 0.3) is 0 Å². The normalized spacial score (nSPS) is 24.2. The predicted molar refractivity (Wildman–Crippen MR) is 32.3 cm³/mol. The zero-order valence-corrected chi connectivity index (χ0v) is 5.52. The Morgan fingerprint density at radius 2 is 2.11 bits per heavy atom. The van der Waals surface area contributed by atoms with Crippen molar-refractivity contribution in [2.45, 2.75) is 12.8 Å². The van der Waals surface area contributed by atoms with Crippen LogP contribution in [0.3, 0.4) is 0 Å². The minimum absolute atomic E-state index is 0.138. The smallest absolute Gasteiger partial charge is 0.250 e. The molecular formula is C5H6O3S. The van der Waals surface area contributed by atoms with Crippen LogP contribution in [-0.2, 0) is 14.6 Å². The summed E-state index contributed by atoms with van der Waals surface area (Å²) in [4.78, 5) is 10.5. The van der Waals surface area contributed by atoms with E-state index in [-0.39, 0.29) is 6.42 Å². The molecule has 50 valence electrons. The Labute approximate surface area is 53.3 Å². The van der Waals surface area contributed by atoms with Gasteiger partial charge in [0.2, 0.25) is 9.84 Å². The van der Waals surface area contributed by atoms with E-state index in [4.69, 9.17) is 0 Å². The summed E-state index contributed by atoms with van der Waals surface area (Å²) in [5.74, 6) is 0. The Balaban J connectivity index is 3.10. The molecule has 1 aliphatic rings. The lowest BCUT2D eigenvalue weighted by Gasteiger charge is -2.00. The molecule has 0 saturated carbocycles. The van der Waals surface area contributed by atoms with Crippen molar-refractivity contribution in [1.82, 2.24) is 0 Å². The zero-order valence-electron chi connectivity index (χ0n) is 4.70. The highest BCUT2D eigenvalue weighted by atomic mass is 32.2. The molecule has 3 nitrogen and oxygen atoms in total. The molecule has 0 bridgehead atoms. The molecule has 0 aromatic rings. The second-order valence-corrected chi connectivity index (χ2v) is 3.65. The Kier molecular flexibility index (Phi) is 1.40. The fraction of sp³-hybridized carbons (Fsp3) is 0.400. The van der Waals surface area contributed by atoms with Gasteiger partial charge in [-0.1, -0.05) is 6.08 Å². The van der Waals surface area contributed by atoms with Gasteiger partial charge in [0.1, 0.15) is 0 Å². The van der Waals surface area contributed by atoms with E-state index in [1.807, 2.05) is 0 Å². The summed E-state index contributed by atoms with van der Waals surface area (Å²) in [6.45, 7) is 0. The number of sulfone groups is 1. The molecule has 0 radical (unpaired) electrons. The number of rotatable bonds is 0. The maximum Gasteiger partial charge on any atom is 0.250 e. The van der Waals surface area contributed by atoms with Crippen molar-refractivity contribution < 1.29 is 13.2 Å². The molecule has 1 heterocycles. The lowest BCUT2D eigenvalue weighted by Crippen LogP contribution is -2.13. The number of allylic oxidation sites excluding steroid dienone is 1. The summed E-state index contributed by atoms with van der Waals surface area (Å²) >= 11 is 0. The topological polar surface area (TPSA) is 51.2 Å². The summed E-state index contributed by atoms with van der Waals surface area (Å²) in [5.41, 5.74) is 0. The fourth-order valence-corrected chi connectivity index (χ4v) is 1.56. The highest BCUT2D eigenvalue weighted by molar-refractivity contribution is 8.08. The van der Waals surface area contributed by atoms with E-state index in [9.17, 15) is 13.2 Å². The molecule has 0 atom stereocenters. The van der Waals surface area contributed by atoms with Crippen molar-refractivity contribution in [2.24, 2.45) is 0 Å². The number of carbonyl (C=O) groups is 1. The van der Waals surface area contributed by atoms with E-state index in [0.717, 1.165) is 5.41 Å². The van der Waals surface area contributed by atoms with Gasteiger partial charge in [-0.25, -0.2) is 8.42 Å².